The number of carboxylic acid groups (broad SMARTS) is 1. The Balaban J connectivity index is 2.93. The predicted octanol–water partition coefficient (Wildman–Crippen LogP) is 3.26. The van der Waals surface area contributed by atoms with Crippen LogP contribution < -0.4 is 0 Å². The van der Waals surface area contributed by atoms with Crippen molar-refractivity contribution in [3.05, 3.63) is 35.0 Å². The second-order valence-corrected chi connectivity index (χ2v) is 4.68. The van der Waals surface area contributed by atoms with Crippen LogP contribution in [-0.2, 0) is 6.54 Å². The van der Waals surface area contributed by atoms with Gasteiger partial charge in [-0.1, -0.05) is 19.1 Å². The Hall–Kier alpha value is -2.10. The van der Waals surface area contributed by atoms with Crippen molar-refractivity contribution >= 4 is 22.7 Å². The van der Waals surface area contributed by atoms with Crippen molar-refractivity contribution in [2.24, 2.45) is 0 Å². The number of hydrogen-bond acceptors (Lipinski definition) is 2. The summed E-state index contributed by atoms with van der Waals surface area (Å²) in [6, 6.07) is 5.09. The molecule has 0 aliphatic rings. The molecule has 0 spiro atoms. The van der Waals surface area contributed by atoms with E-state index >= 15 is 0 Å². The summed E-state index contributed by atoms with van der Waals surface area (Å²) in [4.78, 5) is 23.2. The van der Waals surface area contributed by atoms with Crippen molar-refractivity contribution in [1.29, 1.82) is 0 Å². The summed E-state index contributed by atoms with van der Waals surface area (Å²) in [5.74, 6) is -0.990. The largest absolute Gasteiger partial charge is 0.478 e. The zero-order valence-corrected chi connectivity index (χ0v) is 11.4. The van der Waals surface area contributed by atoms with Crippen LogP contribution >= 0.6 is 0 Å². The van der Waals surface area contributed by atoms with Gasteiger partial charge in [0.25, 0.3) is 0 Å². The minimum atomic E-state index is -0.962. The van der Waals surface area contributed by atoms with Crippen LogP contribution in [-0.4, -0.2) is 21.4 Å². The van der Waals surface area contributed by atoms with E-state index in [0.717, 1.165) is 17.5 Å². The van der Waals surface area contributed by atoms with Crippen LogP contribution in [0, 0.1) is 6.92 Å². The molecule has 1 aromatic carbocycles. The number of aromatic nitrogens is 1. The highest BCUT2D eigenvalue weighted by Gasteiger charge is 2.21. The number of benzene rings is 1. The first-order chi connectivity index (χ1) is 8.99. The number of carbonyl (C=O) groups excluding carboxylic acids is 1. The molecular weight excluding hydrogens is 242 g/mol. The number of ketones is 1. The second kappa shape index (κ2) is 4.88. The molecule has 0 aliphatic carbocycles. The van der Waals surface area contributed by atoms with Crippen molar-refractivity contribution < 1.29 is 14.7 Å². The van der Waals surface area contributed by atoms with Gasteiger partial charge in [0.15, 0.2) is 5.78 Å². The highest BCUT2D eigenvalue weighted by atomic mass is 16.4. The third-order valence-electron chi connectivity index (χ3n) is 3.37. The van der Waals surface area contributed by atoms with Gasteiger partial charge in [-0.15, -0.1) is 0 Å². The first-order valence-electron chi connectivity index (χ1n) is 6.35. The first-order valence-corrected chi connectivity index (χ1v) is 6.35. The molecule has 100 valence electrons. The predicted molar refractivity (Wildman–Crippen MR) is 73.9 cm³/mol. The summed E-state index contributed by atoms with van der Waals surface area (Å²) in [5, 5.41) is 10.1. The third kappa shape index (κ3) is 2.03. The van der Waals surface area contributed by atoms with E-state index < -0.39 is 5.97 Å². The first kappa shape index (κ1) is 13.3. The lowest BCUT2D eigenvalue weighted by molar-refractivity contribution is 0.0698. The monoisotopic (exact) mass is 259 g/mol. The molecule has 0 fully saturated rings. The lowest BCUT2D eigenvalue weighted by Crippen LogP contribution is -2.05. The highest BCUT2D eigenvalue weighted by Crippen LogP contribution is 2.29. The highest BCUT2D eigenvalue weighted by molar-refractivity contribution is 6.12. The molecule has 0 saturated heterocycles. The Morgan fingerprint density at radius 1 is 1.32 bits per heavy atom. The van der Waals surface area contributed by atoms with E-state index in [9.17, 15) is 14.7 Å². The van der Waals surface area contributed by atoms with Crippen LogP contribution in [0.2, 0.25) is 0 Å². The van der Waals surface area contributed by atoms with Crippen LogP contribution in [0.1, 0.15) is 46.7 Å². The van der Waals surface area contributed by atoms with Crippen molar-refractivity contribution in [3.8, 4) is 0 Å². The molecule has 2 aromatic rings. The van der Waals surface area contributed by atoms with Crippen molar-refractivity contribution in [3.63, 3.8) is 0 Å². The minimum absolute atomic E-state index is 0.0279. The van der Waals surface area contributed by atoms with Crippen LogP contribution in [0.15, 0.2) is 18.2 Å². The fraction of sp³-hybridized carbons (Fsp3) is 0.333. The normalized spacial score (nSPS) is 10.9. The van der Waals surface area contributed by atoms with Gasteiger partial charge in [-0.25, -0.2) is 4.79 Å². The average Bonchev–Trinajstić information content (AvgIpc) is 2.62. The van der Waals surface area contributed by atoms with Crippen LogP contribution in [0.5, 0.6) is 0 Å². The van der Waals surface area contributed by atoms with E-state index in [1.54, 1.807) is 12.1 Å². The number of carboxylic acids is 1. The van der Waals surface area contributed by atoms with Gasteiger partial charge in [0.05, 0.1) is 11.1 Å². The van der Waals surface area contributed by atoms with Crippen molar-refractivity contribution in [2.75, 3.05) is 0 Å². The van der Waals surface area contributed by atoms with E-state index in [2.05, 4.69) is 0 Å². The number of hydrogen-bond donors (Lipinski definition) is 1. The Morgan fingerprint density at radius 2 is 2.00 bits per heavy atom. The smallest absolute Gasteiger partial charge is 0.337 e. The number of aromatic carboxylic acids is 1. The Labute approximate surface area is 111 Å². The lowest BCUT2D eigenvalue weighted by atomic mass is 10.1. The van der Waals surface area contributed by atoms with E-state index in [0.29, 0.717) is 17.6 Å². The summed E-state index contributed by atoms with van der Waals surface area (Å²) in [6.07, 6.45) is 0.885. The zero-order chi connectivity index (χ0) is 14.2. The number of carbonyl (C=O) groups is 2. The van der Waals surface area contributed by atoms with Crippen molar-refractivity contribution in [1.82, 2.24) is 4.57 Å². The zero-order valence-electron chi connectivity index (χ0n) is 11.4. The minimum Gasteiger partial charge on any atom is -0.478 e. The lowest BCUT2D eigenvalue weighted by Gasteiger charge is -2.08. The SMILES string of the molecule is CCCn1c(C)c(C(C)=O)c2cccc(C(=O)O)c21. The van der Waals surface area contributed by atoms with E-state index in [1.807, 2.05) is 24.5 Å². The van der Waals surface area contributed by atoms with E-state index in [1.165, 1.54) is 6.92 Å². The molecule has 0 aliphatic heterocycles. The number of Topliss-reactive ketones (excluding diaryl/α,β-unsaturated/α-hetero) is 1. The van der Waals surface area contributed by atoms with Gasteiger partial charge in [-0.2, -0.15) is 0 Å². The summed E-state index contributed by atoms with van der Waals surface area (Å²) in [5.41, 5.74) is 2.38. The summed E-state index contributed by atoms with van der Waals surface area (Å²) >= 11 is 0. The maximum atomic E-state index is 11.8. The molecule has 1 N–H and O–H groups in total. The van der Waals surface area contributed by atoms with E-state index in [-0.39, 0.29) is 11.3 Å². The van der Waals surface area contributed by atoms with Gasteiger partial charge < -0.3 is 9.67 Å². The summed E-state index contributed by atoms with van der Waals surface area (Å²) < 4.78 is 1.94. The van der Waals surface area contributed by atoms with Crippen molar-refractivity contribution in [2.45, 2.75) is 33.7 Å². The van der Waals surface area contributed by atoms with Gasteiger partial charge in [-0.05, 0) is 26.3 Å². The number of rotatable bonds is 4. The van der Waals surface area contributed by atoms with Crippen LogP contribution in [0.3, 0.4) is 0 Å². The molecule has 1 aromatic heterocycles. The number of para-hydroxylation sites is 1. The maximum absolute atomic E-state index is 11.8. The average molecular weight is 259 g/mol. The summed E-state index contributed by atoms with van der Waals surface area (Å²) in [7, 11) is 0. The van der Waals surface area contributed by atoms with Gasteiger partial charge in [0.1, 0.15) is 0 Å². The molecule has 0 amide bonds. The third-order valence-corrected chi connectivity index (χ3v) is 3.37. The summed E-state index contributed by atoms with van der Waals surface area (Å²) in [6.45, 7) is 6.13. The molecular formula is C15H17NO3. The molecule has 0 radical (unpaired) electrons. The Bertz CT molecular complexity index is 668. The van der Waals surface area contributed by atoms with Crippen LogP contribution in [0.25, 0.3) is 10.9 Å². The quantitative estimate of drug-likeness (QED) is 0.857. The fourth-order valence-electron chi connectivity index (χ4n) is 2.65. The second-order valence-electron chi connectivity index (χ2n) is 4.68. The molecule has 0 saturated carbocycles. The number of aryl methyl sites for hydroxylation is 1. The Morgan fingerprint density at radius 3 is 2.53 bits per heavy atom. The molecule has 4 nitrogen and oxygen atoms in total. The molecule has 0 unspecified atom stereocenters. The van der Waals surface area contributed by atoms with Gasteiger partial charge in [-0.3, -0.25) is 4.79 Å². The maximum Gasteiger partial charge on any atom is 0.337 e. The van der Waals surface area contributed by atoms with Crippen LogP contribution in [0.4, 0.5) is 0 Å². The number of nitrogens with zero attached hydrogens (tertiary/aromatic N) is 1. The van der Waals surface area contributed by atoms with Gasteiger partial charge in [0, 0.05) is 23.2 Å². The van der Waals surface area contributed by atoms with Gasteiger partial charge in [0.2, 0.25) is 0 Å². The molecule has 1 heterocycles. The van der Waals surface area contributed by atoms with E-state index in [4.69, 9.17) is 0 Å². The van der Waals surface area contributed by atoms with Gasteiger partial charge >= 0.3 is 5.97 Å². The molecule has 0 atom stereocenters. The standard InChI is InChI=1S/C15H17NO3/c1-4-8-16-9(2)13(10(3)17)11-6-5-7-12(14(11)16)15(18)19/h5-7H,4,8H2,1-3H3,(H,18,19). The topological polar surface area (TPSA) is 59.3 Å². The molecule has 19 heavy (non-hydrogen) atoms. The molecule has 2 rings (SSSR count). The fourth-order valence-corrected chi connectivity index (χ4v) is 2.65. The molecule has 0 bridgehead atoms. The number of fused-ring (bicyclic) bond motifs is 1. The molecule has 4 heteroatoms. The Kier molecular flexibility index (Phi) is 3.42.